The van der Waals surface area contributed by atoms with Crippen LogP contribution in [0.15, 0.2) is 54.6 Å². The van der Waals surface area contributed by atoms with Gasteiger partial charge in [0.15, 0.2) is 0 Å². The molecule has 5 rings (SSSR count). The number of rotatable bonds is 6. The van der Waals surface area contributed by atoms with E-state index in [4.69, 9.17) is 4.74 Å². The molecule has 0 N–H and O–H groups in total. The summed E-state index contributed by atoms with van der Waals surface area (Å²) in [5.74, 6) is 2.08. The highest BCUT2D eigenvalue weighted by Crippen LogP contribution is 2.41. The summed E-state index contributed by atoms with van der Waals surface area (Å²) in [5.41, 5.74) is 2.95. The summed E-state index contributed by atoms with van der Waals surface area (Å²) < 4.78 is 6.40. The molecule has 1 aliphatic heterocycles. The van der Waals surface area contributed by atoms with Crippen molar-refractivity contribution < 1.29 is 9.53 Å². The number of likely N-dealkylation sites (tertiary alicyclic amines) is 1. The average molecular weight is 419 g/mol. The summed E-state index contributed by atoms with van der Waals surface area (Å²) >= 11 is 0. The van der Waals surface area contributed by atoms with Gasteiger partial charge in [-0.1, -0.05) is 48.5 Å². The predicted molar refractivity (Wildman–Crippen MR) is 124 cm³/mol. The van der Waals surface area contributed by atoms with Crippen molar-refractivity contribution in [1.82, 2.24) is 9.80 Å². The van der Waals surface area contributed by atoms with Gasteiger partial charge in [0.05, 0.1) is 6.10 Å². The smallest absolute Gasteiger partial charge is 0.254 e. The first-order valence-electron chi connectivity index (χ1n) is 11.8. The van der Waals surface area contributed by atoms with Crippen LogP contribution in [0.5, 0.6) is 0 Å². The van der Waals surface area contributed by atoms with E-state index in [1.54, 1.807) is 0 Å². The van der Waals surface area contributed by atoms with Crippen LogP contribution in [-0.4, -0.2) is 61.6 Å². The molecule has 0 aromatic heterocycles. The summed E-state index contributed by atoms with van der Waals surface area (Å²) in [5, 5.41) is 0. The van der Waals surface area contributed by atoms with Gasteiger partial charge in [-0.2, -0.15) is 0 Å². The van der Waals surface area contributed by atoms with Crippen LogP contribution in [-0.2, 0) is 4.74 Å². The fraction of sp³-hybridized carbons (Fsp3) is 0.519. The van der Waals surface area contributed by atoms with E-state index in [0.717, 1.165) is 55.1 Å². The molecule has 0 radical (unpaired) electrons. The Balaban J connectivity index is 1.32. The summed E-state index contributed by atoms with van der Waals surface area (Å²) in [7, 11) is 4.35. The lowest BCUT2D eigenvalue weighted by Crippen LogP contribution is -2.48. The second-order valence-corrected chi connectivity index (χ2v) is 9.96. The van der Waals surface area contributed by atoms with E-state index in [1.165, 1.54) is 12.8 Å². The molecule has 0 bridgehead atoms. The summed E-state index contributed by atoms with van der Waals surface area (Å²) in [6.45, 7) is 2.64. The highest BCUT2D eigenvalue weighted by atomic mass is 16.5. The first-order chi connectivity index (χ1) is 15.1. The van der Waals surface area contributed by atoms with E-state index < -0.39 is 0 Å². The molecule has 3 fully saturated rings. The summed E-state index contributed by atoms with van der Waals surface area (Å²) in [4.78, 5) is 18.0. The van der Waals surface area contributed by atoms with Gasteiger partial charge in [-0.05, 0) is 74.7 Å². The minimum atomic E-state index is 0.172. The van der Waals surface area contributed by atoms with Gasteiger partial charge in [0.1, 0.15) is 0 Å². The van der Waals surface area contributed by atoms with Gasteiger partial charge >= 0.3 is 0 Å². The van der Waals surface area contributed by atoms with Crippen LogP contribution in [0.2, 0.25) is 0 Å². The maximum absolute atomic E-state index is 13.6. The second kappa shape index (κ2) is 8.76. The molecule has 4 atom stereocenters. The minimum Gasteiger partial charge on any atom is -0.376 e. The van der Waals surface area contributed by atoms with Crippen molar-refractivity contribution in [1.29, 1.82) is 0 Å². The van der Waals surface area contributed by atoms with Crippen LogP contribution in [0, 0.1) is 17.8 Å². The van der Waals surface area contributed by atoms with Crippen molar-refractivity contribution >= 4 is 5.91 Å². The molecule has 1 amide bonds. The molecule has 4 heteroatoms. The number of likely N-dealkylation sites (N-methyl/N-ethyl adjacent to an activating group) is 1. The van der Waals surface area contributed by atoms with Gasteiger partial charge < -0.3 is 14.5 Å². The number of carbonyl (C=O) groups excluding carboxylic acids is 1. The zero-order valence-corrected chi connectivity index (χ0v) is 18.7. The van der Waals surface area contributed by atoms with Crippen molar-refractivity contribution in [2.24, 2.45) is 17.8 Å². The average Bonchev–Trinajstić information content (AvgIpc) is 3.54. The second-order valence-electron chi connectivity index (χ2n) is 9.96. The Morgan fingerprint density at radius 2 is 1.65 bits per heavy atom. The van der Waals surface area contributed by atoms with Gasteiger partial charge in [-0.3, -0.25) is 4.79 Å². The lowest BCUT2D eigenvalue weighted by molar-refractivity contribution is -0.0493. The fourth-order valence-corrected chi connectivity index (χ4v) is 5.53. The molecule has 2 aliphatic carbocycles. The van der Waals surface area contributed by atoms with Crippen molar-refractivity contribution in [2.75, 3.05) is 33.8 Å². The molecule has 2 aromatic rings. The van der Waals surface area contributed by atoms with E-state index >= 15 is 0 Å². The van der Waals surface area contributed by atoms with Gasteiger partial charge in [0.2, 0.25) is 0 Å². The Morgan fingerprint density at radius 3 is 2.35 bits per heavy atom. The van der Waals surface area contributed by atoms with Crippen molar-refractivity contribution in [3.8, 4) is 11.1 Å². The van der Waals surface area contributed by atoms with Crippen LogP contribution in [0.1, 0.15) is 36.0 Å². The fourth-order valence-electron chi connectivity index (χ4n) is 5.53. The van der Waals surface area contributed by atoms with E-state index in [9.17, 15) is 4.79 Å². The van der Waals surface area contributed by atoms with E-state index in [1.807, 2.05) is 36.4 Å². The highest BCUT2D eigenvalue weighted by molar-refractivity contribution is 6.01. The molecule has 2 aromatic carbocycles. The van der Waals surface area contributed by atoms with Crippen LogP contribution in [0.3, 0.4) is 0 Å². The van der Waals surface area contributed by atoms with Crippen LogP contribution in [0.25, 0.3) is 11.1 Å². The third kappa shape index (κ3) is 4.42. The Hall–Kier alpha value is -2.17. The molecular weight excluding hydrogens is 384 g/mol. The van der Waals surface area contributed by atoms with Crippen LogP contribution in [0.4, 0.5) is 0 Å². The summed E-state index contributed by atoms with van der Waals surface area (Å²) in [6.07, 6.45) is 5.15. The number of carbonyl (C=O) groups is 1. The standard InChI is InChI=1S/C27H34N2O2/c1-28(2)25-14-21-16-29(17-22(21)15-26(25)31-18-19-12-13-19)27(30)24-11-7-6-10-23(24)20-8-4-3-5-9-20/h3-11,19,21-22,25-26H,12-18H2,1-2H3/t21-,22+,25-,26-/m1/s1. The molecule has 0 spiro atoms. The number of hydrogen-bond donors (Lipinski definition) is 0. The van der Waals surface area contributed by atoms with Crippen molar-refractivity contribution in [2.45, 2.75) is 37.8 Å². The van der Waals surface area contributed by atoms with Crippen molar-refractivity contribution in [3.05, 3.63) is 60.2 Å². The molecule has 3 aliphatic rings. The number of nitrogens with zero attached hydrogens (tertiary/aromatic N) is 2. The van der Waals surface area contributed by atoms with E-state index in [-0.39, 0.29) is 5.91 Å². The lowest BCUT2D eigenvalue weighted by atomic mass is 9.77. The third-order valence-corrected chi connectivity index (χ3v) is 7.52. The van der Waals surface area contributed by atoms with Gasteiger partial charge in [-0.15, -0.1) is 0 Å². The number of hydrogen-bond acceptors (Lipinski definition) is 3. The van der Waals surface area contributed by atoms with E-state index in [0.29, 0.717) is 24.0 Å². The highest BCUT2D eigenvalue weighted by Gasteiger charge is 2.45. The number of benzene rings is 2. The monoisotopic (exact) mass is 418 g/mol. The molecule has 1 saturated heterocycles. The number of fused-ring (bicyclic) bond motifs is 1. The Bertz CT molecular complexity index is 908. The molecule has 2 saturated carbocycles. The summed E-state index contributed by atoms with van der Waals surface area (Å²) in [6, 6.07) is 18.7. The van der Waals surface area contributed by atoms with Crippen LogP contribution < -0.4 is 0 Å². The molecule has 31 heavy (non-hydrogen) atoms. The molecule has 164 valence electrons. The predicted octanol–water partition coefficient (Wildman–Crippen LogP) is 4.56. The Labute approximate surface area is 186 Å². The quantitative estimate of drug-likeness (QED) is 0.689. The van der Waals surface area contributed by atoms with Gasteiger partial charge in [-0.25, -0.2) is 0 Å². The largest absolute Gasteiger partial charge is 0.376 e. The minimum absolute atomic E-state index is 0.172. The molecule has 4 nitrogen and oxygen atoms in total. The lowest BCUT2D eigenvalue weighted by Gasteiger charge is -2.41. The SMILES string of the molecule is CN(C)[C@@H]1C[C@@H]2CN(C(=O)c3ccccc3-c3ccccc3)C[C@@H]2C[C@H]1OCC1CC1. The van der Waals surface area contributed by atoms with E-state index in [2.05, 4.69) is 42.1 Å². The number of ether oxygens (including phenoxy) is 1. The zero-order valence-electron chi connectivity index (χ0n) is 18.7. The van der Waals surface area contributed by atoms with Crippen molar-refractivity contribution in [3.63, 3.8) is 0 Å². The third-order valence-electron chi connectivity index (χ3n) is 7.52. The molecule has 1 heterocycles. The van der Waals surface area contributed by atoms with Gasteiger partial charge in [0.25, 0.3) is 5.91 Å². The van der Waals surface area contributed by atoms with Crippen LogP contribution >= 0.6 is 0 Å². The zero-order chi connectivity index (χ0) is 21.4. The Kier molecular flexibility index (Phi) is 5.85. The molecular formula is C27H34N2O2. The normalized spacial score (nSPS) is 28.0. The maximum Gasteiger partial charge on any atom is 0.254 e. The topological polar surface area (TPSA) is 32.8 Å². The Morgan fingerprint density at radius 1 is 0.968 bits per heavy atom. The maximum atomic E-state index is 13.6. The number of amides is 1. The van der Waals surface area contributed by atoms with Gasteiger partial charge in [0, 0.05) is 31.3 Å². The first kappa shape index (κ1) is 20.7. The molecule has 0 unspecified atom stereocenters. The first-order valence-corrected chi connectivity index (χ1v) is 11.8.